The van der Waals surface area contributed by atoms with Crippen LogP contribution < -0.4 is 4.90 Å². The third kappa shape index (κ3) is 3.64. The molecule has 0 N–H and O–H groups in total. The largest absolute Gasteiger partial charge is 0.416 e. The van der Waals surface area contributed by atoms with E-state index in [1.54, 1.807) is 12.4 Å². The van der Waals surface area contributed by atoms with Crippen LogP contribution in [0, 0.1) is 4.77 Å². The molecule has 2 fully saturated rings. The maximum atomic E-state index is 12.9. The van der Waals surface area contributed by atoms with E-state index >= 15 is 0 Å². The van der Waals surface area contributed by atoms with Gasteiger partial charge in [-0.05, 0) is 43.3 Å². The molecule has 2 heterocycles. The van der Waals surface area contributed by atoms with Crippen molar-refractivity contribution in [2.24, 2.45) is 0 Å². The standard InChI is InChI=1S/C17H20F3N5S/c18-17(19,20)13-2-1-3-15(10-13)23-8-6-22(7-9-23)12-25-16(26)24(11-21-25)14-4-5-14/h1-3,10-11,14H,4-9,12H2. The first kappa shape index (κ1) is 17.5. The molecule has 0 spiro atoms. The molecule has 2 aromatic rings. The molecule has 0 unspecified atom stereocenters. The zero-order chi connectivity index (χ0) is 18.3. The zero-order valence-corrected chi connectivity index (χ0v) is 15.0. The minimum Gasteiger partial charge on any atom is -0.369 e. The molecule has 0 bridgehead atoms. The van der Waals surface area contributed by atoms with Crippen LogP contribution in [0.3, 0.4) is 0 Å². The topological polar surface area (TPSA) is 29.2 Å². The Balaban J connectivity index is 1.38. The molecule has 1 aliphatic heterocycles. The van der Waals surface area contributed by atoms with Crippen LogP contribution >= 0.6 is 12.2 Å². The van der Waals surface area contributed by atoms with E-state index in [0.29, 0.717) is 31.5 Å². The van der Waals surface area contributed by atoms with Gasteiger partial charge in [0, 0.05) is 37.9 Å². The van der Waals surface area contributed by atoms with Gasteiger partial charge in [0.25, 0.3) is 0 Å². The summed E-state index contributed by atoms with van der Waals surface area (Å²) in [5.74, 6) is 0. The summed E-state index contributed by atoms with van der Waals surface area (Å²) in [4.78, 5) is 4.22. The van der Waals surface area contributed by atoms with E-state index in [4.69, 9.17) is 12.2 Å². The number of piperazine rings is 1. The second kappa shape index (κ2) is 6.70. The van der Waals surface area contributed by atoms with Crippen LogP contribution in [0.15, 0.2) is 30.6 Å². The lowest BCUT2D eigenvalue weighted by Crippen LogP contribution is -2.47. The normalized spacial score (nSPS) is 19.1. The SMILES string of the molecule is FC(F)(F)c1cccc(N2CCN(Cn3ncn(C4CC4)c3=S)CC2)c1. The Bertz CT molecular complexity index is 831. The van der Waals surface area contributed by atoms with E-state index in [1.165, 1.54) is 12.1 Å². The van der Waals surface area contributed by atoms with Crippen molar-refractivity contribution >= 4 is 17.9 Å². The fourth-order valence-electron chi connectivity index (χ4n) is 3.27. The Kier molecular flexibility index (Phi) is 4.52. The number of hydrogen-bond acceptors (Lipinski definition) is 4. The van der Waals surface area contributed by atoms with Crippen LogP contribution in [-0.2, 0) is 12.8 Å². The summed E-state index contributed by atoms with van der Waals surface area (Å²) in [6, 6.07) is 6.04. The maximum absolute atomic E-state index is 12.9. The molecule has 1 aliphatic carbocycles. The average molecular weight is 383 g/mol. The Hall–Kier alpha value is -1.87. The molecule has 4 rings (SSSR count). The highest BCUT2D eigenvalue weighted by Crippen LogP contribution is 2.35. The third-order valence-electron chi connectivity index (χ3n) is 4.94. The van der Waals surface area contributed by atoms with Gasteiger partial charge in [0.2, 0.25) is 0 Å². The second-order valence-electron chi connectivity index (χ2n) is 6.85. The molecule has 26 heavy (non-hydrogen) atoms. The van der Waals surface area contributed by atoms with Gasteiger partial charge < -0.3 is 9.47 Å². The summed E-state index contributed by atoms with van der Waals surface area (Å²) in [6.07, 6.45) is -0.182. The minimum absolute atomic E-state index is 0.508. The molecule has 1 saturated heterocycles. The van der Waals surface area contributed by atoms with Gasteiger partial charge in [0.1, 0.15) is 6.33 Å². The Morgan fingerprint density at radius 1 is 1.12 bits per heavy atom. The maximum Gasteiger partial charge on any atom is 0.416 e. The van der Waals surface area contributed by atoms with Crippen molar-refractivity contribution in [3.8, 4) is 0 Å². The fourth-order valence-corrected chi connectivity index (χ4v) is 3.57. The van der Waals surface area contributed by atoms with Crippen molar-refractivity contribution in [2.75, 3.05) is 31.1 Å². The van der Waals surface area contributed by atoms with Gasteiger partial charge in [-0.1, -0.05) is 6.07 Å². The molecule has 2 aliphatic rings. The molecular weight excluding hydrogens is 363 g/mol. The molecule has 1 saturated carbocycles. The van der Waals surface area contributed by atoms with E-state index in [1.807, 2.05) is 14.1 Å². The van der Waals surface area contributed by atoms with Crippen LogP contribution in [0.2, 0.25) is 0 Å². The van der Waals surface area contributed by atoms with E-state index in [-0.39, 0.29) is 0 Å². The molecule has 0 radical (unpaired) electrons. The number of nitrogens with zero attached hydrogens (tertiary/aromatic N) is 5. The van der Waals surface area contributed by atoms with Crippen molar-refractivity contribution in [3.63, 3.8) is 0 Å². The number of alkyl halides is 3. The number of aromatic nitrogens is 3. The van der Waals surface area contributed by atoms with Crippen LogP contribution in [0.25, 0.3) is 0 Å². The zero-order valence-electron chi connectivity index (χ0n) is 14.2. The second-order valence-corrected chi connectivity index (χ2v) is 7.21. The highest BCUT2D eigenvalue weighted by Gasteiger charge is 2.31. The van der Waals surface area contributed by atoms with Gasteiger partial charge in [-0.3, -0.25) is 4.90 Å². The predicted octanol–water partition coefficient (Wildman–Crippen LogP) is 3.55. The van der Waals surface area contributed by atoms with Gasteiger partial charge in [-0.15, -0.1) is 0 Å². The number of anilines is 1. The number of rotatable bonds is 4. The summed E-state index contributed by atoms with van der Waals surface area (Å²) in [6.45, 7) is 3.49. The van der Waals surface area contributed by atoms with E-state index in [0.717, 1.165) is 36.8 Å². The molecule has 1 aromatic heterocycles. The lowest BCUT2D eigenvalue weighted by molar-refractivity contribution is -0.137. The minimum atomic E-state index is -4.31. The molecule has 5 nitrogen and oxygen atoms in total. The van der Waals surface area contributed by atoms with E-state index < -0.39 is 11.7 Å². The first-order chi connectivity index (χ1) is 12.4. The van der Waals surface area contributed by atoms with Gasteiger partial charge >= 0.3 is 6.18 Å². The molecule has 0 amide bonds. The summed E-state index contributed by atoms with van der Waals surface area (Å²) in [5.41, 5.74) is 0.0171. The first-order valence-corrected chi connectivity index (χ1v) is 9.11. The highest BCUT2D eigenvalue weighted by atomic mass is 32.1. The summed E-state index contributed by atoms with van der Waals surface area (Å²) >= 11 is 5.48. The monoisotopic (exact) mass is 383 g/mol. The number of halogens is 3. The van der Waals surface area contributed by atoms with Crippen molar-refractivity contribution in [2.45, 2.75) is 31.7 Å². The van der Waals surface area contributed by atoms with Gasteiger partial charge in [-0.2, -0.15) is 18.3 Å². The average Bonchev–Trinajstić information content (AvgIpc) is 3.40. The van der Waals surface area contributed by atoms with Crippen LogP contribution in [-0.4, -0.2) is 45.4 Å². The summed E-state index contributed by atoms with van der Waals surface area (Å²) in [7, 11) is 0. The van der Waals surface area contributed by atoms with E-state index in [9.17, 15) is 13.2 Å². The smallest absolute Gasteiger partial charge is 0.369 e. The first-order valence-electron chi connectivity index (χ1n) is 8.70. The highest BCUT2D eigenvalue weighted by molar-refractivity contribution is 7.71. The number of hydrogen-bond donors (Lipinski definition) is 0. The van der Waals surface area contributed by atoms with Crippen LogP contribution in [0.5, 0.6) is 0 Å². The Morgan fingerprint density at radius 2 is 1.85 bits per heavy atom. The predicted molar refractivity (Wildman–Crippen MR) is 94.6 cm³/mol. The lowest BCUT2D eigenvalue weighted by atomic mass is 10.1. The van der Waals surface area contributed by atoms with Gasteiger partial charge in [-0.25, -0.2) is 4.68 Å². The summed E-state index contributed by atoms with van der Waals surface area (Å²) < 4.78 is 43.3. The van der Waals surface area contributed by atoms with Crippen LogP contribution in [0.4, 0.5) is 18.9 Å². The quantitative estimate of drug-likeness (QED) is 0.756. The molecule has 0 atom stereocenters. The Morgan fingerprint density at radius 3 is 2.50 bits per heavy atom. The number of benzene rings is 1. The summed E-state index contributed by atoms with van der Waals surface area (Å²) in [5, 5.41) is 4.38. The van der Waals surface area contributed by atoms with Crippen molar-refractivity contribution in [1.29, 1.82) is 0 Å². The van der Waals surface area contributed by atoms with Gasteiger partial charge in [0.15, 0.2) is 4.77 Å². The lowest BCUT2D eigenvalue weighted by Gasteiger charge is -2.36. The van der Waals surface area contributed by atoms with Crippen LogP contribution in [0.1, 0.15) is 24.4 Å². The molecule has 140 valence electrons. The molecular formula is C17H20F3N5S. The molecule has 9 heteroatoms. The molecule has 1 aromatic carbocycles. The van der Waals surface area contributed by atoms with Crippen molar-refractivity contribution in [3.05, 3.63) is 40.9 Å². The van der Waals surface area contributed by atoms with Crippen molar-refractivity contribution < 1.29 is 13.2 Å². The van der Waals surface area contributed by atoms with Crippen molar-refractivity contribution in [1.82, 2.24) is 19.2 Å². The van der Waals surface area contributed by atoms with E-state index in [2.05, 4.69) is 10.00 Å². The fraction of sp³-hybridized carbons (Fsp3) is 0.529. The van der Waals surface area contributed by atoms with Gasteiger partial charge in [0.05, 0.1) is 12.2 Å². The third-order valence-corrected chi connectivity index (χ3v) is 5.36. The Labute approximate surface area is 154 Å².